The number of hydrogen-bond donors (Lipinski definition) is 1. The van der Waals surface area contributed by atoms with Gasteiger partial charge in [-0.15, -0.1) is 0 Å². The van der Waals surface area contributed by atoms with E-state index < -0.39 is 0 Å². The number of aromatic nitrogens is 2. The summed E-state index contributed by atoms with van der Waals surface area (Å²) in [6, 6.07) is 8.68. The third-order valence-electron chi connectivity index (χ3n) is 6.12. The predicted octanol–water partition coefficient (Wildman–Crippen LogP) is 3.86. The maximum atomic E-state index is 5.61. The van der Waals surface area contributed by atoms with Gasteiger partial charge in [0, 0.05) is 31.6 Å². The van der Waals surface area contributed by atoms with Gasteiger partial charge in [0.15, 0.2) is 0 Å². The van der Waals surface area contributed by atoms with Crippen LogP contribution in [0.4, 0.5) is 0 Å². The molecule has 5 nitrogen and oxygen atoms in total. The summed E-state index contributed by atoms with van der Waals surface area (Å²) in [5.41, 5.74) is 4.98. The molecule has 0 radical (unpaired) electrons. The fourth-order valence-electron chi connectivity index (χ4n) is 4.58. The molecule has 1 aromatic carbocycles. The largest absolute Gasteiger partial charge is 0.496 e. The molecule has 1 aromatic heterocycles. The molecule has 1 aliphatic carbocycles. The number of benzene rings is 1. The number of hydrogen-bond acceptors (Lipinski definition) is 4. The van der Waals surface area contributed by atoms with Crippen molar-refractivity contribution in [1.29, 1.82) is 0 Å². The molecule has 1 heterocycles. The smallest absolute Gasteiger partial charge is 0.126 e. The number of rotatable bonds is 8. The number of nitrogens with one attached hydrogen (secondary N) is 1. The average molecular weight is 385 g/mol. The Bertz CT molecular complexity index is 762. The minimum absolute atomic E-state index is 0.621. The van der Waals surface area contributed by atoms with E-state index in [1.807, 2.05) is 0 Å². The Kier molecular flexibility index (Phi) is 7.13. The van der Waals surface area contributed by atoms with E-state index in [2.05, 4.69) is 67.2 Å². The van der Waals surface area contributed by atoms with Gasteiger partial charge in [0.1, 0.15) is 5.75 Å². The molecule has 0 amide bonds. The summed E-state index contributed by atoms with van der Waals surface area (Å²) in [5, 5.41) is 8.19. The van der Waals surface area contributed by atoms with Crippen molar-refractivity contribution in [2.75, 3.05) is 27.7 Å². The molecule has 0 saturated heterocycles. The third-order valence-corrected chi connectivity index (χ3v) is 6.12. The van der Waals surface area contributed by atoms with Crippen LogP contribution in [-0.4, -0.2) is 42.4 Å². The monoisotopic (exact) mass is 384 g/mol. The lowest BCUT2D eigenvalue weighted by Crippen LogP contribution is -2.23. The normalized spacial score (nSPS) is 19.9. The van der Waals surface area contributed by atoms with Crippen LogP contribution in [0.3, 0.4) is 0 Å². The highest BCUT2D eigenvalue weighted by atomic mass is 16.5. The van der Waals surface area contributed by atoms with E-state index in [4.69, 9.17) is 9.84 Å². The maximum Gasteiger partial charge on any atom is 0.126 e. The van der Waals surface area contributed by atoms with Crippen LogP contribution in [0.15, 0.2) is 24.3 Å². The maximum absolute atomic E-state index is 5.61. The summed E-state index contributed by atoms with van der Waals surface area (Å²) in [7, 11) is 8.05. The summed E-state index contributed by atoms with van der Waals surface area (Å²) in [6.07, 6.45) is 5.15. The van der Waals surface area contributed by atoms with Crippen molar-refractivity contribution in [3.63, 3.8) is 0 Å². The molecule has 1 saturated carbocycles. The van der Waals surface area contributed by atoms with Crippen molar-refractivity contribution in [3.05, 3.63) is 46.8 Å². The zero-order chi connectivity index (χ0) is 20.1. The quantitative estimate of drug-likeness (QED) is 0.750. The number of ether oxygens (including phenoxy) is 1. The Balaban J connectivity index is 1.62. The van der Waals surface area contributed by atoms with Crippen LogP contribution in [0, 0.1) is 12.8 Å². The van der Waals surface area contributed by atoms with Gasteiger partial charge in [-0.2, -0.15) is 5.10 Å². The molecule has 1 fully saturated rings. The summed E-state index contributed by atoms with van der Waals surface area (Å²) in [6.45, 7) is 4.99. The van der Waals surface area contributed by atoms with Gasteiger partial charge in [-0.3, -0.25) is 9.58 Å². The van der Waals surface area contributed by atoms with Crippen molar-refractivity contribution < 1.29 is 4.74 Å². The highest BCUT2D eigenvalue weighted by Gasteiger charge is 2.24. The minimum atomic E-state index is 0.621. The Morgan fingerprint density at radius 3 is 2.64 bits per heavy atom. The molecule has 154 valence electrons. The van der Waals surface area contributed by atoms with E-state index in [9.17, 15) is 0 Å². The standard InChI is InChI=1S/C23H36N4O/c1-17-7-6-8-20(23(17)28-5)15-26(3)16-21-13-22(25-27(21)4)19-11-9-18(10-12-19)14-24-2/h6-8,13,18-19,24H,9-12,14-16H2,1-5H3. The topological polar surface area (TPSA) is 42.3 Å². The Hall–Kier alpha value is -1.85. The Morgan fingerprint density at radius 1 is 1.21 bits per heavy atom. The van der Waals surface area contributed by atoms with E-state index >= 15 is 0 Å². The van der Waals surface area contributed by atoms with E-state index in [-0.39, 0.29) is 0 Å². The first-order valence-corrected chi connectivity index (χ1v) is 10.5. The molecule has 0 unspecified atom stereocenters. The lowest BCUT2D eigenvalue weighted by Gasteiger charge is -2.27. The van der Waals surface area contributed by atoms with E-state index in [1.165, 1.54) is 48.2 Å². The second-order valence-electron chi connectivity index (χ2n) is 8.40. The molecular weight excluding hydrogens is 348 g/mol. The summed E-state index contributed by atoms with van der Waals surface area (Å²) in [5.74, 6) is 2.45. The van der Waals surface area contributed by atoms with Gasteiger partial charge in [-0.1, -0.05) is 18.2 Å². The Morgan fingerprint density at radius 2 is 1.96 bits per heavy atom. The van der Waals surface area contributed by atoms with Gasteiger partial charge in [0.25, 0.3) is 0 Å². The van der Waals surface area contributed by atoms with Crippen molar-refractivity contribution in [1.82, 2.24) is 20.0 Å². The summed E-state index contributed by atoms with van der Waals surface area (Å²) < 4.78 is 7.68. The highest BCUT2D eigenvalue weighted by Crippen LogP contribution is 2.35. The van der Waals surface area contributed by atoms with Gasteiger partial charge in [0.05, 0.1) is 18.5 Å². The molecule has 1 aliphatic rings. The number of methoxy groups -OCH3 is 1. The molecule has 0 bridgehead atoms. The van der Waals surface area contributed by atoms with Crippen molar-refractivity contribution in [2.45, 2.75) is 51.6 Å². The highest BCUT2D eigenvalue weighted by molar-refractivity contribution is 5.40. The SMILES string of the molecule is CNCC1CCC(c2cc(CN(C)Cc3cccc(C)c3OC)n(C)n2)CC1. The number of nitrogens with zero attached hydrogens (tertiary/aromatic N) is 3. The number of aryl methyl sites for hydroxylation is 2. The molecule has 0 aliphatic heterocycles. The molecule has 5 heteroatoms. The molecule has 28 heavy (non-hydrogen) atoms. The fourth-order valence-corrected chi connectivity index (χ4v) is 4.58. The second kappa shape index (κ2) is 9.57. The van der Waals surface area contributed by atoms with Gasteiger partial charge in [-0.25, -0.2) is 0 Å². The zero-order valence-corrected chi connectivity index (χ0v) is 18.2. The van der Waals surface area contributed by atoms with Gasteiger partial charge in [0.2, 0.25) is 0 Å². The summed E-state index contributed by atoms with van der Waals surface area (Å²) in [4.78, 5) is 2.34. The molecule has 1 N–H and O–H groups in total. The van der Waals surface area contributed by atoms with Gasteiger partial charge < -0.3 is 10.1 Å². The van der Waals surface area contributed by atoms with Gasteiger partial charge >= 0.3 is 0 Å². The molecule has 0 atom stereocenters. The first-order chi connectivity index (χ1) is 13.5. The first kappa shape index (κ1) is 20.9. The molecule has 3 rings (SSSR count). The van der Waals surface area contributed by atoms with Gasteiger partial charge in [-0.05, 0) is 70.8 Å². The molecule has 2 aromatic rings. The van der Waals surface area contributed by atoms with Crippen LogP contribution < -0.4 is 10.1 Å². The number of para-hydroxylation sites is 1. The van der Waals surface area contributed by atoms with Crippen LogP contribution in [0.2, 0.25) is 0 Å². The van der Waals surface area contributed by atoms with E-state index in [0.29, 0.717) is 5.92 Å². The lowest BCUT2D eigenvalue weighted by molar-refractivity contribution is 0.301. The van der Waals surface area contributed by atoms with Crippen LogP contribution in [0.5, 0.6) is 5.75 Å². The van der Waals surface area contributed by atoms with Crippen LogP contribution in [0.1, 0.15) is 54.1 Å². The van der Waals surface area contributed by atoms with Crippen molar-refractivity contribution in [3.8, 4) is 5.75 Å². The average Bonchev–Trinajstić information content (AvgIpc) is 3.03. The van der Waals surface area contributed by atoms with E-state index in [1.54, 1.807) is 7.11 Å². The minimum Gasteiger partial charge on any atom is -0.496 e. The molecular formula is C23H36N4O. The Labute approximate surface area is 170 Å². The zero-order valence-electron chi connectivity index (χ0n) is 18.2. The first-order valence-electron chi connectivity index (χ1n) is 10.5. The van der Waals surface area contributed by atoms with Crippen molar-refractivity contribution in [2.24, 2.45) is 13.0 Å². The van der Waals surface area contributed by atoms with Crippen molar-refractivity contribution >= 4 is 0 Å². The third kappa shape index (κ3) is 4.95. The lowest BCUT2D eigenvalue weighted by atomic mass is 9.80. The van der Waals surface area contributed by atoms with Crippen LogP contribution in [0.25, 0.3) is 0 Å². The summed E-state index contributed by atoms with van der Waals surface area (Å²) >= 11 is 0. The predicted molar refractivity (Wildman–Crippen MR) is 115 cm³/mol. The van der Waals surface area contributed by atoms with Crippen LogP contribution >= 0.6 is 0 Å². The second-order valence-corrected chi connectivity index (χ2v) is 8.40. The molecule has 0 spiro atoms. The van der Waals surface area contributed by atoms with Crippen LogP contribution in [-0.2, 0) is 20.1 Å². The van der Waals surface area contributed by atoms with E-state index in [0.717, 1.165) is 31.3 Å². The fraction of sp³-hybridized carbons (Fsp3) is 0.609.